The van der Waals surface area contributed by atoms with Crippen molar-refractivity contribution in [3.63, 3.8) is 0 Å². The lowest BCUT2D eigenvalue weighted by Crippen LogP contribution is -2.03. The lowest BCUT2D eigenvalue weighted by molar-refractivity contribution is 1.02. The first kappa shape index (κ1) is 15.9. The van der Waals surface area contributed by atoms with E-state index in [1.54, 1.807) is 24.7 Å². The van der Waals surface area contributed by atoms with Crippen molar-refractivity contribution in [2.75, 3.05) is 11.5 Å². The summed E-state index contributed by atoms with van der Waals surface area (Å²) >= 11 is 1.48. The maximum absolute atomic E-state index is 9.55. The SMILES string of the molecule is N#Cc1c(SCCc2ccccn2)nc(N)nc1-c1cccnc1. The number of aryl methyl sites for hydroxylation is 1. The molecule has 0 saturated heterocycles. The molecule has 0 aliphatic heterocycles. The van der Waals surface area contributed by atoms with Crippen LogP contribution in [-0.2, 0) is 6.42 Å². The Labute approximate surface area is 143 Å². The maximum atomic E-state index is 9.55. The second-order valence-corrected chi connectivity index (χ2v) is 5.97. The van der Waals surface area contributed by atoms with Crippen molar-refractivity contribution in [1.82, 2.24) is 19.9 Å². The second-order valence-electron chi connectivity index (χ2n) is 4.88. The predicted molar refractivity (Wildman–Crippen MR) is 93.1 cm³/mol. The Morgan fingerprint density at radius 1 is 1.12 bits per heavy atom. The van der Waals surface area contributed by atoms with E-state index in [-0.39, 0.29) is 5.95 Å². The number of pyridine rings is 2. The number of thioether (sulfide) groups is 1. The summed E-state index contributed by atoms with van der Waals surface area (Å²) in [7, 11) is 0. The zero-order valence-corrected chi connectivity index (χ0v) is 13.6. The summed E-state index contributed by atoms with van der Waals surface area (Å²) in [6, 6.07) is 11.6. The minimum atomic E-state index is 0.146. The smallest absolute Gasteiger partial charge is 0.221 e. The van der Waals surface area contributed by atoms with Crippen LogP contribution in [-0.4, -0.2) is 25.7 Å². The molecule has 0 aliphatic rings. The van der Waals surface area contributed by atoms with Crippen molar-refractivity contribution in [1.29, 1.82) is 5.26 Å². The van der Waals surface area contributed by atoms with E-state index in [1.165, 1.54) is 11.8 Å². The van der Waals surface area contributed by atoms with Gasteiger partial charge in [0.25, 0.3) is 0 Å². The Hall–Kier alpha value is -2.98. The van der Waals surface area contributed by atoms with E-state index in [2.05, 4.69) is 26.0 Å². The van der Waals surface area contributed by atoms with Crippen molar-refractivity contribution in [3.8, 4) is 17.3 Å². The molecule has 0 saturated carbocycles. The van der Waals surface area contributed by atoms with Crippen molar-refractivity contribution in [2.24, 2.45) is 0 Å². The molecule has 2 N–H and O–H groups in total. The Morgan fingerprint density at radius 2 is 2.04 bits per heavy atom. The van der Waals surface area contributed by atoms with Crippen LogP contribution >= 0.6 is 11.8 Å². The number of aromatic nitrogens is 4. The third-order valence-electron chi connectivity index (χ3n) is 3.26. The zero-order valence-electron chi connectivity index (χ0n) is 12.8. The van der Waals surface area contributed by atoms with Crippen LogP contribution in [0, 0.1) is 11.3 Å². The number of hydrogen-bond acceptors (Lipinski definition) is 7. The number of nitrogens with zero attached hydrogens (tertiary/aromatic N) is 5. The highest BCUT2D eigenvalue weighted by Gasteiger charge is 2.15. The van der Waals surface area contributed by atoms with Gasteiger partial charge >= 0.3 is 0 Å². The van der Waals surface area contributed by atoms with Crippen molar-refractivity contribution in [2.45, 2.75) is 11.4 Å². The zero-order chi connectivity index (χ0) is 16.8. The highest BCUT2D eigenvalue weighted by molar-refractivity contribution is 7.99. The molecular weight excluding hydrogens is 320 g/mol. The lowest BCUT2D eigenvalue weighted by atomic mass is 10.1. The van der Waals surface area contributed by atoms with Crippen LogP contribution in [0.4, 0.5) is 5.95 Å². The second kappa shape index (κ2) is 7.53. The van der Waals surface area contributed by atoms with Crippen molar-refractivity contribution >= 4 is 17.7 Å². The van der Waals surface area contributed by atoms with E-state index in [9.17, 15) is 5.26 Å². The molecule has 0 amide bonds. The van der Waals surface area contributed by atoms with Gasteiger partial charge in [-0.1, -0.05) is 6.07 Å². The fourth-order valence-corrected chi connectivity index (χ4v) is 3.12. The fraction of sp³-hybridized carbons (Fsp3) is 0.118. The molecule has 0 unspecified atom stereocenters. The molecular formula is C17H14N6S. The lowest BCUT2D eigenvalue weighted by Gasteiger charge is -2.09. The molecule has 3 aromatic rings. The molecule has 3 heterocycles. The first-order valence-corrected chi connectivity index (χ1v) is 8.27. The summed E-state index contributed by atoms with van der Waals surface area (Å²) in [5.41, 5.74) is 8.50. The van der Waals surface area contributed by atoms with E-state index in [0.29, 0.717) is 16.3 Å². The van der Waals surface area contributed by atoms with Crippen LogP contribution in [0.5, 0.6) is 0 Å². The van der Waals surface area contributed by atoms with Gasteiger partial charge in [0.15, 0.2) is 0 Å². The van der Waals surface area contributed by atoms with Gasteiger partial charge in [-0.05, 0) is 30.7 Å². The van der Waals surface area contributed by atoms with E-state index >= 15 is 0 Å². The summed E-state index contributed by atoms with van der Waals surface area (Å²) in [6.45, 7) is 0. The van der Waals surface area contributed by atoms with Gasteiger partial charge in [-0.2, -0.15) is 5.26 Å². The molecule has 3 rings (SSSR count). The Bertz CT molecular complexity index is 861. The predicted octanol–water partition coefficient (Wildman–Crippen LogP) is 2.72. The highest BCUT2D eigenvalue weighted by Crippen LogP contribution is 2.29. The molecule has 0 radical (unpaired) electrons. The third-order valence-corrected chi connectivity index (χ3v) is 4.24. The van der Waals surface area contributed by atoms with Gasteiger partial charge in [-0.15, -0.1) is 11.8 Å². The Morgan fingerprint density at radius 3 is 2.75 bits per heavy atom. The largest absolute Gasteiger partial charge is 0.368 e. The average Bonchev–Trinajstić information content (AvgIpc) is 2.63. The van der Waals surface area contributed by atoms with Gasteiger partial charge in [0.1, 0.15) is 16.7 Å². The van der Waals surface area contributed by atoms with Gasteiger partial charge in [0.2, 0.25) is 5.95 Å². The summed E-state index contributed by atoms with van der Waals surface area (Å²) in [5, 5.41) is 10.1. The van der Waals surface area contributed by atoms with Gasteiger partial charge in [-0.3, -0.25) is 9.97 Å². The molecule has 0 spiro atoms. The maximum Gasteiger partial charge on any atom is 0.221 e. The molecule has 0 aromatic carbocycles. The third kappa shape index (κ3) is 3.67. The van der Waals surface area contributed by atoms with Crippen LogP contribution in [0.15, 0.2) is 53.9 Å². The molecule has 0 fully saturated rings. The van der Waals surface area contributed by atoms with Crippen molar-refractivity contribution < 1.29 is 0 Å². The molecule has 24 heavy (non-hydrogen) atoms. The molecule has 0 atom stereocenters. The minimum Gasteiger partial charge on any atom is -0.368 e. The number of hydrogen-bond donors (Lipinski definition) is 1. The van der Waals surface area contributed by atoms with Crippen LogP contribution in [0.3, 0.4) is 0 Å². The summed E-state index contributed by atoms with van der Waals surface area (Å²) in [4.78, 5) is 16.8. The van der Waals surface area contributed by atoms with E-state index < -0.39 is 0 Å². The number of nitriles is 1. The minimum absolute atomic E-state index is 0.146. The Kier molecular flexibility index (Phi) is 4.99. The molecule has 6 nitrogen and oxygen atoms in total. The number of rotatable bonds is 5. The highest BCUT2D eigenvalue weighted by atomic mass is 32.2. The molecule has 7 heteroatoms. The van der Waals surface area contributed by atoms with E-state index in [1.807, 2.05) is 24.3 Å². The first-order chi connectivity index (χ1) is 11.8. The standard InChI is InChI=1S/C17H14N6S/c18-10-14-15(12-4-3-7-20-11-12)22-17(19)23-16(14)24-9-6-13-5-1-2-8-21-13/h1-5,7-8,11H,6,9H2,(H2,19,22,23). The molecule has 0 aliphatic carbocycles. The van der Waals surface area contributed by atoms with Gasteiger partial charge in [0.05, 0.1) is 5.69 Å². The van der Waals surface area contributed by atoms with Crippen LogP contribution < -0.4 is 5.73 Å². The molecule has 3 aromatic heterocycles. The van der Waals surface area contributed by atoms with Crippen molar-refractivity contribution in [3.05, 3.63) is 60.2 Å². The van der Waals surface area contributed by atoms with Crippen LogP contribution in [0.1, 0.15) is 11.3 Å². The quantitative estimate of drug-likeness (QED) is 0.565. The number of nitrogen functional groups attached to an aromatic ring is 1. The normalized spacial score (nSPS) is 10.3. The fourth-order valence-electron chi connectivity index (χ4n) is 2.17. The van der Waals surface area contributed by atoms with E-state index in [0.717, 1.165) is 23.4 Å². The van der Waals surface area contributed by atoms with E-state index in [4.69, 9.17) is 5.73 Å². The summed E-state index contributed by atoms with van der Waals surface area (Å²) in [6.07, 6.45) is 5.87. The summed E-state index contributed by atoms with van der Waals surface area (Å²) in [5.74, 6) is 0.891. The molecule has 0 bridgehead atoms. The first-order valence-electron chi connectivity index (χ1n) is 7.28. The van der Waals surface area contributed by atoms with Gasteiger partial charge in [-0.25, -0.2) is 9.97 Å². The topological polar surface area (TPSA) is 101 Å². The molecule has 118 valence electrons. The Balaban J connectivity index is 1.85. The number of nitrogens with two attached hydrogens (primary N) is 1. The number of anilines is 1. The monoisotopic (exact) mass is 334 g/mol. The van der Waals surface area contributed by atoms with Crippen LogP contribution in [0.2, 0.25) is 0 Å². The van der Waals surface area contributed by atoms with Crippen LogP contribution in [0.25, 0.3) is 11.3 Å². The summed E-state index contributed by atoms with van der Waals surface area (Å²) < 4.78 is 0. The van der Waals surface area contributed by atoms with Gasteiger partial charge < -0.3 is 5.73 Å². The average molecular weight is 334 g/mol. The van der Waals surface area contributed by atoms with Gasteiger partial charge in [0, 0.05) is 35.6 Å².